The minimum absolute atomic E-state index is 0.0518. The van der Waals surface area contributed by atoms with Crippen molar-refractivity contribution in [3.8, 4) is 11.1 Å². The topological polar surface area (TPSA) is 70.6 Å². The Morgan fingerprint density at radius 1 is 1.00 bits per heavy atom. The number of sulfonamides is 1. The summed E-state index contributed by atoms with van der Waals surface area (Å²) in [5.41, 5.74) is 4.66. The maximum Gasteiger partial charge on any atom is 0.244 e. The number of pyridine rings is 1. The average molecular weight is 450 g/mol. The number of amides is 1. The van der Waals surface area contributed by atoms with Crippen LogP contribution < -0.4 is 0 Å². The van der Waals surface area contributed by atoms with Crippen molar-refractivity contribution in [2.45, 2.75) is 31.7 Å². The predicted molar refractivity (Wildman–Crippen MR) is 124 cm³/mol. The van der Waals surface area contributed by atoms with Crippen LogP contribution in [0.4, 0.5) is 0 Å². The van der Waals surface area contributed by atoms with Crippen molar-refractivity contribution in [1.29, 1.82) is 0 Å². The first-order valence-corrected chi connectivity index (χ1v) is 12.1. The molecule has 1 aliphatic heterocycles. The van der Waals surface area contributed by atoms with E-state index in [4.69, 9.17) is 0 Å². The number of aromatic nitrogens is 1. The molecule has 166 valence electrons. The van der Waals surface area contributed by atoms with Crippen molar-refractivity contribution >= 4 is 15.9 Å². The van der Waals surface area contributed by atoms with Crippen molar-refractivity contribution < 1.29 is 13.2 Å². The number of rotatable bonds is 4. The molecule has 0 saturated carbocycles. The monoisotopic (exact) mass is 449 g/mol. The van der Waals surface area contributed by atoms with E-state index in [-0.39, 0.29) is 12.5 Å². The lowest BCUT2D eigenvalue weighted by atomic mass is 9.97. The van der Waals surface area contributed by atoms with E-state index in [0.717, 1.165) is 22.3 Å². The van der Waals surface area contributed by atoms with Crippen LogP contribution in [0.5, 0.6) is 0 Å². The highest BCUT2D eigenvalue weighted by atomic mass is 32.2. The number of aryl methyl sites for hydroxylation is 2. The van der Waals surface area contributed by atoms with E-state index in [9.17, 15) is 13.2 Å². The molecule has 0 N–H and O–H groups in total. The molecule has 2 heterocycles. The zero-order valence-corrected chi connectivity index (χ0v) is 19.3. The number of carbonyl (C=O) groups is 1. The molecular weight excluding hydrogens is 422 g/mol. The van der Waals surface area contributed by atoms with E-state index in [0.29, 0.717) is 23.5 Å². The first-order chi connectivity index (χ1) is 15.3. The second-order valence-electron chi connectivity index (χ2n) is 8.18. The van der Waals surface area contributed by atoms with E-state index < -0.39 is 16.1 Å². The summed E-state index contributed by atoms with van der Waals surface area (Å²) in [4.78, 5) is 18.3. The fourth-order valence-electron chi connectivity index (χ4n) is 4.29. The van der Waals surface area contributed by atoms with Gasteiger partial charge in [0.2, 0.25) is 15.9 Å². The predicted octanol–water partition coefficient (Wildman–Crippen LogP) is 3.96. The van der Waals surface area contributed by atoms with Crippen molar-refractivity contribution in [3.63, 3.8) is 0 Å². The molecule has 7 heteroatoms. The summed E-state index contributed by atoms with van der Waals surface area (Å²) in [5.74, 6) is -0.0518. The molecule has 0 radical (unpaired) electrons. The smallest absolute Gasteiger partial charge is 0.244 e. The first kappa shape index (κ1) is 22.2. The fourth-order valence-corrected chi connectivity index (χ4v) is 6.12. The van der Waals surface area contributed by atoms with Gasteiger partial charge < -0.3 is 4.90 Å². The second kappa shape index (κ2) is 8.84. The molecule has 1 saturated heterocycles. The van der Waals surface area contributed by atoms with Crippen LogP contribution in [-0.4, -0.2) is 48.1 Å². The number of carbonyl (C=O) groups excluding carboxylic acids is 1. The highest BCUT2D eigenvalue weighted by molar-refractivity contribution is 7.89. The van der Waals surface area contributed by atoms with Crippen LogP contribution in [0.25, 0.3) is 11.1 Å². The van der Waals surface area contributed by atoms with Gasteiger partial charge in [-0.05, 0) is 59.9 Å². The van der Waals surface area contributed by atoms with Crippen LogP contribution in [0.1, 0.15) is 29.7 Å². The molecule has 0 aliphatic carbocycles. The second-order valence-corrected chi connectivity index (χ2v) is 10.0. The molecule has 1 fully saturated rings. The highest BCUT2D eigenvalue weighted by Crippen LogP contribution is 2.34. The Hall–Kier alpha value is -3.03. The summed E-state index contributed by atoms with van der Waals surface area (Å²) in [7, 11) is -3.74. The van der Waals surface area contributed by atoms with E-state index >= 15 is 0 Å². The third kappa shape index (κ3) is 4.18. The largest absolute Gasteiger partial charge is 0.340 e. The zero-order valence-electron chi connectivity index (χ0n) is 18.5. The summed E-state index contributed by atoms with van der Waals surface area (Å²) in [6, 6.07) is 16.4. The van der Waals surface area contributed by atoms with Crippen molar-refractivity contribution in [1.82, 2.24) is 14.2 Å². The molecule has 32 heavy (non-hydrogen) atoms. The van der Waals surface area contributed by atoms with Gasteiger partial charge in [0.15, 0.2) is 0 Å². The number of hydrogen-bond donors (Lipinski definition) is 0. The maximum absolute atomic E-state index is 13.7. The molecule has 3 aromatic rings. The van der Waals surface area contributed by atoms with Crippen LogP contribution in [0.3, 0.4) is 0 Å². The molecule has 6 nitrogen and oxygen atoms in total. The van der Waals surface area contributed by atoms with Gasteiger partial charge in [0.25, 0.3) is 0 Å². The normalized spacial score (nSPS) is 17.3. The molecule has 1 unspecified atom stereocenters. The van der Waals surface area contributed by atoms with Gasteiger partial charge in [-0.2, -0.15) is 4.31 Å². The van der Waals surface area contributed by atoms with Gasteiger partial charge in [0.05, 0.1) is 10.9 Å². The molecule has 4 rings (SSSR count). The maximum atomic E-state index is 13.7. The standard InChI is InChI=1S/C25H27N3O3S/c1-18-7-4-5-10-25(18)32(30,31)28-14-13-27(20(3)29)17-24(28)22-9-6-8-21(15-22)23-11-12-26-16-19(23)2/h4-12,15-16,24H,13-14,17H2,1-3H3. The third-order valence-electron chi connectivity index (χ3n) is 6.06. The minimum Gasteiger partial charge on any atom is -0.340 e. The van der Waals surface area contributed by atoms with Crippen LogP contribution in [0, 0.1) is 13.8 Å². The van der Waals surface area contributed by atoms with Crippen LogP contribution in [-0.2, 0) is 14.8 Å². The molecular formula is C25H27N3O3S. The van der Waals surface area contributed by atoms with Crippen molar-refractivity contribution in [2.24, 2.45) is 0 Å². The van der Waals surface area contributed by atoms with E-state index in [2.05, 4.69) is 4.98 Å². The quantitative estimate of drug-likeness (QED) is 0.605. The van der Waals surface area contributed by atoms with Gasteiger partial charge >= 0.3 is 0 Å². The lowest BCUT2D eigenvalue weighted by Crippen LogP contribution is -2.51. The van der Waals surface area contributed by atoms with Gasteiger partial charge in [-0.15, -0.1) is 0 Å². The number of nitrogens with zero attached hydrogens (tertiary/aromatic N) is 3. The Bertz CT molecular complexity index is 1260. The molecule has 1 amide bonds. The van der Waals surface area contributed by atoms with Crippen molar-refractivity contribution in [3.05, 3.63) is 83.7 Å². The van der Waals surface area contributed by atoms with E-state index in [1.807, 2.05) is 49.5 Å². The van der Waals surface area contributed by atoms with Gasteiger partial charge in [-0.25, -0.2) is 8.42 Å². The number of piperazine rings is 1. The summed E-state index contributed by atoms with van der Waals surface area (Å²) in [5, 5.41) is 0. The average Bonchev–Trinajstić information content (AvgIpc) is 2.79. The van der Waals surface area contributed by atoms with Gasteiger partial charge in [0.1, 0.15) is 0 Å². The Labute approximate surface area is 189 Å². The molecule has 1 aromatic heterocycles. The fraction of sp³-hybridized carbons (Fsp3) is 0.280. The van der Waals surface area contributed by atoms with Gasteiger partial charge in [-0.1, -0.05) is 36.4 Å². The number of hydrogen-bond acceptors (Lipinski definition) is 4. The molecule has 2 aromatic carbocycles. The Balaban J connectivity index is 1.79. The van der Waals surface area contributed by atoms with Crippen molar-refractivity contribution in [2.75, 3.05) is 19.6 Å². The first-order valence-electron chi connectivity index (χ1n) is 10.6. The molecule has 0 bridgehead atoms. The Morgan fingerprint density at radius 2 is 1.78 bits per heavy atom. The van der Waals surface area contributed by atoms with E-state index in [1.54, 1.807) is 40.5 Å². The lowest BCUT2D eigenvalue weighted by Gasteiger charge is -2.40. The molecule has 0 spiro atoms. The summed E-state index contributed by atoms with van der Waals surface area (Å²) < 4.78 is 28.9. The Kier molecular flexibility index (Phi) is 6.13. The van der Waals surface area contributed by atoms with E-state index in [1.165, 1.54) is 6.92 Å². The summed E-state index contributed by atoms with van der Waals surface area (Å²) >= 11 is 0. The highest BCUT2D eigenvalue weighted by Gasteiger charge is 2.38. The number of benzene rings is 2. The molecule has 1 aliphatic rings. The van der Waals surface area contributed by atoms with Crippen LogP contribution >= 0.6 is 0 Å². The van der Waals surface area contributed by atoms with Crippen LogP contribution in [0.2, 0.25) is 0 Å². The summed E-state index contributed by atoms with van der Waals surface area (Å²) in [6.07, 6.45) is 3.57. The minimum atomic E-state index is -3.74. The zero-order chi connectivity index (χ0) is 22.9. The Morgan fingerprint density at radius 3 is 2.50 bits per heavy atom. The third-order valence-corrected chi connectivity index (χ3v) is 8.13. The SMILES string of the molecule is CC(=O)N1CCN(S(=O)(=O)c2ccccc2C)C(c2cccc(-c3ccncc3C)c2)C1. The van der Waals surface area contributed by atoms with Gasteiger partial charge in [0, 0.05) is 39.0 Å². The summed E-state index contributed by atoms with van der Waals surface area (Å²) in [6.45, 7) is 6.28. The van der Waals surface area contributed by atoms with Gasteiger partial charge in [-0.3, -0.25) is 9.78 Å². The molecule has 1 atom stereocenters. The lowest BCUT2D eigenvalue weighted by molar-refractivity contribution is -0.131. The van der Waals surface area contributed by atoms with Crippen LogP contribution in [0.15, 0.2) is 71.9 Å².